The van der Waals surface area contributed by atoms with Crippen LogP contribution in [-0.2, 0) is 0 Å². The van der Waals surface area contributed by atoms with Crippen LogP contribution in [0.15, 0.2) is 36.7 Å². The minimum absolute atomic E-state index is 0.385. The Morgan fingerprint density at radius 2 is 2.00 bits per heavy atom. The molecule has 1 aromatic heterocycles. The molecule has 2 nitrogen and oxygen atoms in total. The molecule has 3 rings (SSSR count). The van der Waals surface area contributed by atoms with E-state index >= 15 is 0 Å². The van der Waals surface area contributed by atoms with Gasteiger partial charge in [0, 0.05) is 34.8 Å². The smallest absolute Gasteiger partial charge is 0.0431 e. The zero-order valence-electron chi connectivity index (χ0n) is 12.7. The van der Waals surface area contributed by atoms with Crippen LogP contribution in [0.4, 0.5) is 0 Å². The minimum Gasteiger partial charge on any atom is -0.312 e. The molecule has 0 aliphatic heterocycles. The van der Waals surface area contributed by atoms with Gasteiger partial charge in [0.15, 0.2) is 0 Å². The van der Waals surface area contributed by atoms with E-state index in [1.165, 1.54) is 48.4 Å². The molecule has 1 atom stereocenters. The molecule has 1 fully saturated rings. The Kier molecular flexibility index (Phi) is 5.15. The summed E-state index contributed by atoms with van der Waals surface area (Å²) in [5, 5.41) is 6.91. The largest absolute Gasteiger partial charge is 0.312 e. The third-order valence-corrected chi connectivity index (χ3v) is 5.94. The molecule has 0 spiro atoms. The summed E-state index contributed by atoms with van der Waals surface area (Å²) < 4.78 is 0. The average molecular weight is 300 g/mol. The lowest BCUT2D eigenvalue weighted by Crippen LogP contribution is -2.21. The molecule has 1 aliphatic rings. The molecule has 21 heavy (non-hydrogen) atoms. The summed E-state index contributed by atoms with van der Waals surface area (Å²) in [6.07, 6.45) is 11.0. The number of rotatable bonds is 5. The maximum Gasteiger partial charge on any atom is 0.0431 e. The third kappa shape index (κ3) is 3.58. The lowest BCUT2D eigenvalue weighted by Gasteiger charge is -2.24. The summed E-state index contributed by atoms with van der Waals surface area (Å²) in [5.74, 6) is 1.14. The molecule has 0 radical (unpaired) electrons. The topological polar surface area (TPSA) is 24.9 Å². The van der Waals surface area contributed by atoms with Crippen molar-refractivity contribution >= 4 is 22.5 Å². The Labute approximate surface area is 131 Å². The second-order valence-corrected chi connectivity index (χ2v) is 7.22. The zero-order valence-corrected chi connectivity index (χ0v) is 13.5. The fourth-order valence-electron chi connectivity index (χ4n) is 3.21. The van der Waals surface area contributed by atoms with Gasteiger partial charge in [-0.2, -0.15) is 11.8 Å². The fraction of sp³-hybridized carbons (Fsp3) is 0.500. The molecule has 1 heterocycles. The average Bonchev–Trinajstić information content (AvgIpc) is 2.56. The van der Waals surface area contributed by atoms with Gasteiger partial charge >= 0.3 is 0 Å². The van der Waals surface area contributed by atoms with Gasteiger partial charge in [0.2, 0.25) is 0 Å². The highest BCUT2D eigenvalue weighted by Crippen LogP contribution is 2.32. The summed E-state index contributed by atoms with van der Waals surface area (Å²) in [5.41, 5.74) is 1.33. The predicted molar refractivity (Wildman–Crippen MR) is 92.9 cm³/mol. The lowest BCUT2D eigenvalue weighted by molar-refractivity contribution is 0.515. The van der Waals surface area contributed by atoms with Crippen LogP contribution >= 0.6 is 11.8 Å². The summed E-state index contributed by atoms with van der Waals surface area (Å²) >= 11 is 2.14. The minimum atomic E-state index is 0.385. The highest BCUT2D eigenvalue weighted by Gasteiger charge is 2.18. The van der Waals surface area contributed by atoms with Gasteiger partial charge in [-0.15, -0.1) is 0 Å². The maximum atomic E-state index is 4.43. The van der Waals surface area contributed by atoms with Crippen molar-refractivity contribution in [3.8, 4) is 0 Å². The number of aromatic nitrogens is 1. The van der Waals surface area contributed by atoms with E-state index in [-0.39, 0.29) is 0 Å². The Morgan fingerprint density at radius 3 is 2.81 bits per heavy atom. The highest BCUT2D eigenvalue weighted by molar-refractivity contribution is 7.99. The number of hydrogen-bond donors (Lipinski definition) is 1. The summed E-state index contributed by atoms with van der Waals surface area (Å²) in [7, 11) is 2.06. The first-order valence-corrected chi connectivity index (χ1v) is 9.05. The van der Waals surface area contributed by atoms with Crippen molar-refractivity contribution in [3.05, 3.63) is 42.2 Å². The molecule has 0 bridgehead atoms. The molecule has 2 aromatic rings. The molecule has 1 N–H and O–H groups in total. The molecule has 3 heteroatoms. The normalized spacial score (nSPS) is 18.0. The molecule has 0 amide bonds. The fourth-order valence-corrected chi connectivity index (χ4v) is 4.69. The van der Waals surface area contributed by atoms with Crippen LogP contribution in [0.1, 0.15) is 43.7 Å². The number of benzene rings is 1. The number of pyridine rings is 1. The molecule has 112 valence electrons. The highest BCUT2D eigenvalue weighted by atomic mass is 32.2. The zero-order chi connectivity index (χ0) is 14.5. The van der Waals surface area contributed by atoms with Crippen molar-refractivity contribution in [1.82, 2.24) is 10.3 Å². The number of nitrogens with zero attached hydrogens (tertiary/aromatic N) is 1. The number of hydrogen-bond acceptors (Lipinski definition) is 3. The van der Waals surface area contributed by atoms with E-state index in [4.69, 9.17) is 0 Å². The molecular weight excluding hydrogens is 276 g/mol. The van der Waals surface area contributed by atoms with Crippen molar-refractivity contribution in [2.75, 3.05) is 12.8 Å². The standard InChI is InChI=1S/C18H24N2S/c1-19-18(13-21-15-8-3-2-4-9-15)17-12-20-11-14-7-5-6-10-16(14)17/h5-7,10-12,15,18-19H,2-4,8-9,13H2,1H3. The summed E-state index contributed by atoms with van der Waals surface area (Å²) in [6, 6.07) is 8.94. The number of thioether (sulfide) groups is 1. The van der Waals surface area contributed by atoms with Crippen LogP contribution in [-0.4, -0.2) is 23.0 Å². The van der Waals surface area contributed by atoms with E-state index < -0.39 is 0 Å². The van der Waals surface area contributed by atoms with Gasteiger partial charge in [-0.25, -0.2) is 0 Å². The van der Waals surface area contributed by atoms with Crippen LogP contribution in [0.25, 0.3) is 10.8 Å². The van der Waals surface area contributed by atoms with Crippen molar-refractivity contribution in [2.45, 2.75) is 43.4 Å². The van der Waals surface area contributed by atoms with E-state index in [1.807, 2.05) is 12.4 Å². The maximum absolute atomic E-state index is 4.43. The lowest BCUT2D eigenvalue weighted by atomic mass is 10.0. The van der Waals surface area contributed by atoms with Gasteiger partial charge in [0.05, 0.1) is 0 Å². The first kappa shape index (κ1) is 14.9. The number of fused-ring (bicyclic) bond motifs is 1. The van der Waals surface area contributed by atoms with E-state index in [0.29, 0.717) is 6.04 Å². The van der Waals surface area contributed by atoms with Crippen LogP contribution in [0.3, 0.4) is 0 Å². The second kappa shape index (κ2) is 7.28. The van der Waals surface area contributed by atoms with Crippen molar-refractivity contribution in [3.63, 3.8) is 0 Å². The van der Waals surface area contributed by atoms with E-state index in [9.17, 15) is 0 Å². The first-order chi connectivity index (χ1) is 10.4. The van der Waals surface area contributed by atoms with Crippen LogP contribution in [0.2, 0.25) is 0 Å². The van der Waals surface area contributed by atoms with Gasteiger partial charge in [-0.1, -0.05) is 43.5 Å². The van der Waals surface area contributed by atoms with Crippen molar-refractivity contribution in [1.29, 1.82) is 0 Å². The third-order valence-electron chi connectivity index (χ3n) is 4.47. The molecule has 1 unspecified atom stereocenters. The first-order valence-electron chi connectivity index (χ1n) is 8.00. The molecule has 1 aromatic carbocycles. The van der Waals surface area contributed by atoms with Gasteiger partial charge in [0.1, 0.15) is 0 Å². The Morgan fingerprint density at radius 1 is 1.19 bits per heavy atom. The van der Waals surface area contributed by atoms with Crippen LogP contribution < -0.4 is 5.32 Å². The number of nitrogens with one attached hydrogen (secondary N) is 1. The molecular formula is C18H24N2S. The van der Waals surface area contributed by atoms with Crippen LogP contribution in [0.5, 0.6) is 0 Å². The van der Waals surface area contributed by atoms with Gasteiger partial charge < -0.3 is 5.32 Å². The monoisotopic (exact) mass is 300 g/mol. The van der Waals surface area contributed by atoms with E-state index in [0.717, 1.165) is 11.0 Å². The Bertz CT molecular complexity index is 573. The summed E-state index contributed by atoms with van der Waals surface area (Å²) in [6.45, 7) is 0. The van der Waals surface area contributed by atoms with Crippen molar-refractivity contribution < 1.29 is 0 Å². The molecule has 1 saturated carbocycles. The SMILES string of the molecule is CNC(CSC1CCCCC1)c1cncc2ccccc12. The van der Waals surface area contributed by atoms with Crippen LogP contribution in [0, 0.1) is 0 Å². The molecule has 0 saturated heterocycles. The van der Waals surface area contributed by atoms with E-state index in [2.05, 4.69) is 53.4 Å². The van der Waals surface area contributed by atoms with Crippen molar-refractivity contribution in [2.24, 2.45) is 0 Å². The molecule has 1 aliphatic carbocycles. The Balaban J connectivity index is 1.75. The summed E-state index contributed by atoms with van der Waals surface area (Å²) in [4.78, 5) is 4.43. The Hall–Kier alpha value is -1.06. The predicted octanol–water partition coefficient (Wildman–Crippen LogP) is 4.56. The van der Waals surface area contributed by atoms with Gasteiger partial charge in [-0.3, -0.25) is 4.98 Å². The van der Waals surface area contributed by atoms with E-state index in [1.54, 1.807) is 0 Å². The quantitative estimate of drug-likeness (QED) is 0.876. The van der Waals surface area contributed by atoms with Gasteiger partial charge in [0.25, 0.3) is 0 Å². The second-order valence-electron chi connectivity index (χ2n) is 5.88. The van der Waals surface area contributed by atoms with Gasteiger partial charge in [-0.05, 0) is 30.8 Å².